The first-order valence-electron chi connectivity index (χ1n) is 6.82. The molecule has 0 fully saturated rings. The molecule has 2 heterocycles. The molecule has 0 spiro atoms. The Kier molecular flexibility index (Phi) is 4.56. The number of carboxylic acids is 1. The van der Waals surface area contributed by atoms with E-state index in [-0.39, 0.29) is 18.8 Å². The van der Waals surface area contributed by atoms with Crippen LogP contribution in [-0.4, -0.2) is 36.9 Å². The summed E-state index contributed by atoms with van der Waals surface area (Å²) in [6.45, 7) is 6.06. The normalized spacial score (nSPS) is 21.5. The number of carboxylic acid groups (broad SMARTS) is 1. The van der Waals surface area contributed by atoms with E-state index in [1.807, 2.05) is 32.0 Å². The Hall–Kier alpha value is -1.57. The second-order valence-corrected chi connectivity index (χ2v) is 5.64. The summed E-state index contributed by atoms with van der Waals surface area (Å²) in [5, 5.41) is 7.42. The fourth-order valence-electron chi connectivity index (χ4n) is 2.35. The Balaban J connectivity index is 0.000000361. The van der Waals surface area contributed by atoms with E-state index in [1.54, 1.807) is 0 Å². The van der Waals surface area contributed by atoms with Crippen LogP contribution >= 0.6 is 0 Å². The fourth-order valence-corrected chi connectivity index (χ4v) is 2.35. The summed E-state index contributed by atoms with van der Waals surface area (Å²) in [6, 6.07) is 5.96. The highest BCUT2D eigenvalue weighted by Gasteiger charge is 2.44. The summed E-state index contributed by atoms with van der Waals surface area (Å²) in [5.41, 5.74) is 7.46. The third-order valence-electron chi connectivity index (χ3n) is 3.19. The SMILES string of the molecule is CC(=O)O.CC1(C)COc2cccc3c2B(OC3CN)O1. The Morgan fingerprint density at radius 3 is 2.81 bits per heavy atom. The van der Waals surface area contributed by atoms with Crippen molar-refractivity contribution in [2.45, 2.75) is 32.5 Å². The third kappa shape index (κ3) is 3.55. The number of aliphatic carboxylic acids is 1. The lowest BCUT2D eigenvalue weighted by atomic mass is 9.77. The molecule has 1 atom stereocenters. The third-order valence-corrected chi connectivity index (χ3v) is 3.19. The van der Waals surface area contributed by atoms with Gasteiger partial charge in [0, 0.05) is 18.9 Å². The number of rotatable bonds is 1. The second-order valence-electron chi connectivity index (χ2n) is 5.64. The van der Waals surface area contributed by atoms with Crippen LogP contribution in [0.4, 0.5) is 0 Å². The molecule has 1 aromatic rings. The fraction of sp³-hybridized carbons (Fsp3) is 0.500. The molecule has 0 amide bonds. The van der Waals surface area contributed by atoms with Crippen molar-refractivity contribution in [3.63, 3.8) is 0 Å². The van der Waals surface area contributed by atoms with Crippen molar-refractivity contribution >= 4 is 18.6 Å². The standard InChI is InChI=1S/C12H16BNO3.C2H4O2/c1-12(2)7-15-9-5-3-4-8-10(6-14)16-13(17-12)11(8)9;1-2(3)4/h3-5,10H,6-7,14H2,1-2H3;1H3,(H,3,4). The van der Waals surface area contributed by atoms with Gasteiger partial charge in [0.2, 0.25) is 0 Å². The Bertz CT molecular complexity index is 530. The highest BCUT2D eigenvalue weighted by atomic mass is 16.6. The molecular weight excluding hydrogens is 273 g/mol. The van der Waals surface area contributed by atoms with E-state index in [9.17, 15) is 0 Å². The number of hydrogen-bond acceptors (Lipinski definition) is 5. The van der Waals surface area contributed by atoms with Crippen molar-refractivity contribution < 1.29 is 23.9 Å². The van der Waals surface area contributed by atoms with Crippen molar-refractivity contribution in [2.24, 2.45) is 5.73 Å². The summed E-state index contributed by atoms with van der Waals surface area (Å²) >= 11 is 0. The van der Waals surface area contributed by atoms with E-state index in [4.69, 9.17) is 29.7 Å². The van der Waals surface area contributed by atoms with Crippen molar-refractivity contribution in [2.75, 3.05) is 13.2 Å². The smallest absolute Gasteiger partial charge is 0.491 e. The Morgan fingerprint density at radius 2 is 2.19 bits per heavy atom. The predicted molar refractivity (Wildman–Crippen MR) is 78.7 cm³/mol. The summed E-state index contributed by atoms with van der Waals surface area (Å²) in [6.07, 6.45) is -0.0903. The van der Waals surface area contributed by atoms with Gasteiger partial charge in [-0.2, -0.15) is 0 Å². The molecule has 6 nitrogen and oxygen atoms in total. The van der Waals surface area contributed by atoms with Gasteiger partial charge in [-0.25, -0.2) is 0 Å². The van der Waals surface area contributed by atoms with Crippen LogP contribution in [0.5, 0.6) is 5.75 Å². The molecule has 0 aliphatic carbocycles. The Morgan fingerprint density at radius 1 is 1.52 bits per heavy atom. The number of hydrogen-bond donors (Lipinski definition) is 2. The van der Waals surface area contributed by atoms with Gasteiger partial charge in [0.1, 0.15) is 12.4 Å². The van der Waals surface area contributed by atoms with E-state index in [0.29, 0.717) is 13.2 Å². The summed E-state index contributed by atoms with van der Waals surface area (Å²) < 4.78 is 17.6. The molecule has 1 aromatic carbocycles. The van der Waals surface area contributed by atoms with Gasteiger partial charge in [-0.05, 0) is 25.5 Å². The lowest BCUT2D eigenvalue weighted by molar-refractivity contribution is -0.134. The number of benzene rings is 1. The maximum Gasteiger partial charge on any atom is 0.499 e. The first-order chi connectivity index (χ1) is 9.84. The van der Waals surface area contributed by atoms with E-state index in [0.717, 1.165) is 23.7 Å². The first kappa shape index (κ1) is 15.8. The lowest BCUT2D eigenvalue weighted by Gasteiger charge is -2.25. The van der Waals surface area contributed by atoms with Crippen LogP contribution in [0.3, 0.4) is 0 Å². The van der Waals surface area contributed by atoms with Crippen LogP contribution in [0.1, 0.15) is 32.4 Å². The van der Waals surface area contributed by atoms with Gasteiger partial charge >= 0.3 is 7.12 Å². The number of nitrogens with two attached hydrogens (primary N) is 1. The zero-order valence-electron chi connectivity index (χ0n) is 12.5. The van der Waals surface area contributed by atoms with Crippen molar-refractivity contribution in [3.8, 4) is 5.75 Å². The molecule has 0 radical (unpaired) electrons. The molecule has 0 saturated heterocycles. The minimum Gasteiger partial charge on any atom is -0.491 e. The molecule has 0 bridgehead atoms. The van der Waals surface area contributed by atoms with Gasteiger partial charge in [0.05, 0.1) is 11.7 Å². The highest BCUT2D eigenvalue weighted by Crippen LogP contribution is 2.32. The molecule has 21 heavy (non-hydrogen) atoms. The lowest BCUT2D eigenvalue weighted by Crippen LogP contribution is -2.40. The molecule has 3 N–H and O–H groups in total. The van der Waals surface area contributed by atoms with Crippen LogP contribution in [0.25, 0.3) is 0 Å². The van der Waals surface area contributed by atoms with Gasteiger partial charge in [0.25, 0.3) is 5.97 Å². The quantitative estimate of drug-likeness (QED) is 0.740. The largest absolute Gasteiger partial charge is 0.499 e. The van der Waals surface area contributed by atoms with Crippen LogP contribution in [0.2, 0.25) is 0 Å². The average Bonchev–Trinajstić information content (AvgIpc) is 2.67. The molecule has 0 aromatic heterocycles. The predicted octanol–water partition coefficient (Wildman–Crippen LogP) is 0.690. The molecule has 2 aliphatic heterocycles. The second kappa shape index (κ2) is 6.05. The minimum atomic E-state index is -0.833. The highest BCUT2D eigenvalue weighted by molar-refractivity contribution is 6.64. The molecule has 114 valence electrons. The maximum atomic E-state index is 9.00. The van der Waals surface area contributed by atoms with Crippen LogP contribution in [0, 0.1) is 0 Å². The monoisotopic (exact) mass is 293 g/mol. The van der Waals surface area contributed by atoms with Crippen molar-refractivity contribution in [3.05, 3.63) is 23.8 Å². The van der Waals surface area contributed by atoms with E-state index >= 15 is 0 Å². The molecule has 1 unspecified atom stereocenters. The van der Waals surface area contributed by atoms with Crippen molar-refractivity contribution in [1.29, 1.82) is 0 Å². The number of carbonyl (C=O) groups is 1. The van der Waals surface area contributed by atoms with Gasteiger partial charge < -0.3 is 24.9 Å². The van der Waals surface area contributed by atoms with Gasteiger partial charge in [-0.15, -0.1) is 0 Å². The Labute approximate surface area is 124 Å². The molecule has 7 heteroatoms. The van der Waals surface area contributed by atoms with Gasteiger partial charge in [0.15, 0.2) is 0 Å². The maximum absolute atomic E-state index is 9.00. The van der Waals surface area contributed by atoms with Crippen LogP contribution in [0.15, 0.2) is 18.2 Å². The van der Waals surface area contributed by atoms with E-state index in [1.165, 1.54) is 0 Å². The first-order valence-corrected chi connectivity index (χ1v) is 6.82. The van der Waals surface area contributed by atoms with Crippen molar-refractivity contribution in [1.82, 2.24) is 0 Å². The molecular formula is C14H20BNO5. The van der Waals surface area contributed by atoms with Gasteiger partial charge in [-0.3, -0.25) is 4.79 Å². The summed E-state index contributed by atoms with van der Waals surface area (Å²) in [5.74, 6) is 0.0222. The summed E-state index contributed by atoms with van der Waals surface area (Å²) in [7, 11) is -0.354. The zero-order valence-corrected chi connectivity index (χ0v) is 12.5. The molecule has 0 saturated carbocycles. The molecule has 3 rings (SSSR count). The van der Waals surface area contributed by atoms with E-state index in [2.05, 4.69) is 0 Å². The van der Waals surface area contributed by atoms with E-state index < -0.39 is 5.97 Å². The topological polar surface area (TPSA) is 91.0 Å². The van der Waals surface area contributed by atoms with Gasteiger partial charge in [-0.1, -0.05) is 12.1 Å². The minimum absolute atomic E-state index is 0.0903. The average molecular weight is 293 g/mol. The van der Waals surface area contributed by atoms with Crippen LogP contribution in [-0.2, 0) is 14.1 Å². The van der Waals surface area contributed by atoms with Crippen LogP contribution < -0.4 is 15.9 Å². The molecule has 2 aliphatic rings. The summed E-state index contributed by atoms with van der Waals surface area (Å²) in [4.78, 5) is 9.00. The zero-order chi connectivity index (χ0) is 15.6. The number of ether oxygens (including phenoxy) is 1.